The molecule has 1 spiro atoms. The summed E-state index contributed by atoms with van der Waals surface area (Å²) in [5, 5.41) is 9.48. The molecule has 3 heterocycles. The zero-order valence-electron chi connectivity index (χ0n) is 7.14. The van der Waals surface area contributed by atoms with Crippen LogP contribution in [0.4, 0.5) is 0 Å². The molecule has 5 heteroatoms. The summed E-state index contributed by atoms with van der Waals surface area (Å²) in [4.78, 5) is 0. The van der Waals surface area contributed by atoms with Crippen LogP contribution in [0.1, 0.15) is 0 Å². The van der Waals surface area contributed by atoms with Crippen molar-refractivity contribution in [2.45, 2.75) is 24.1 Å². The Morgan fingerprint density at radius 3 is 2.69 bits per heavy atom. The number of hydrogen-bond acceptors (Lipinski definition) is 5. The number of aliphatic hydroxyl groups is 1. The van der Waals surface area contributed by atoms with Crippen LogP contribution in [0.3, 0.4) is 0 Å². The van der Waals surface area contributed by atoms with Gasteiger partial charge in [-0.3, -0.25) is 0 Å². The van der Waals surface area contributed by atoms with Gasteiger partial charge >= 0.3 is 0 Å². The van der Waals surface area contributed by atoms with Gasteiger partial charge in [-0.25, -0.2) is 0 Å². The Bertz CT molecular complexity index is 213. The Morgan fingerprint density at radius 1 is 1.15 bits per heavy atom. The number of fused-ring (bicyclic) bond motifs is 2. The lowest BCUT2D eigenvalue weighted by molar-refractivity contribution is -0.206. The number of ether oxygens (including phenoxy) is 4. The van der Waals surface area contributed by atoms with E-state index < -0.39 is 11.9 Å². The van der Waals surface area contributed by atoms with Gasteiger partial charge in [-0.1, -0.05) is 0 Å². The van der Waals surface area contributed by atoms with Gasteiger partial charge in [0.25, 0.3) is 0 Å². The first-order chi connectivity index (χ1) is 6.32. The second-order valence-corrected chi connectivity index (χ2v) is 3.61. The Hall–Kier alpha value is -0.200. The van der Waals surface area contributed by atoms with E-state index in [4.69, 9.17) is 18.9 Å². The summed E-state index contributed by atoms with van der Waals surface area (Å²) in [6.45, 7) is 1.82. The normalized spacial score (nSPS) is 47.3. The molecule has 0 saturated carbocycles. The predicted molar refractivity (Wildman–Crippen MR) is 40.1 cm³/mol. The Morgan fingerprint density at radius 2 is 1.92 bits per heavy atom. The standard InChI is InChI=1S/C8H12O5/c9-5-3-10-7-6(5)11-4-8(7)12-1-2-13-8/h5-7,9H,1-4H2/t5-,6-,7+/m1/s1. The maximum absolute atomic E-state index is 9.48. The molecule has 3 atom stereocenters. The van der Waals surface area contributed by atoms with Gasteiger partial charge in [0.2, 0.25) is 5.79 Å². The van der Waals surface area contributed by atoms with Crippen molar-refractivity contribution < 1.29 is 24.1 Å². The second-order valence-electron chi connectivity index (χ2n) is 3.61. The monoisotopic (exact) mass is 188 g/mol. The smallest absolute Gasteiger partial charge is 0.221 e. The van der Waals surface area contributed by atoms with Crippen LogP contribution in [0.2, 0.25) is 0 Å². The minimum Gasteiger partial charge on any atom is -0.388 e. The molecule has 3 rings (SSSR count). The minimum atomic E-state index is -0.734. The SMILES string of the molecule is O[C@@H]1CO[C@H]2[C@@H]1OCC21OCCO1. The molecule has 0 bridgehead atoms. The van der Waals surface area contributed by atoms with Crippen LogP contribution >= 0.6 is 0 Å². The molecule has 3 saturated heterocycles. The molecular weight excluding hydrogens is 176 g/mol. The fraction of sp³-hybridized carbons (Fsp3) is 1.00. The van der Waals surface area contributed by atoms with Crippen molar-refractivity contribution in [1.29, 1.82) is 0 Å². The van der Waals surface area contributed by atoms with Gasteiger partial charge in [0.15, 0.2) is 0 Å². The molecule has 13 heavy (non-hydrogen) atoms. The first-order valence-corrected chi connectivity index (χ1v) is 4.51. The molecule has 5 nitrogen and oxygen atoms in total. The maximum atomic E-state index is 9.48. The van der Waals surface area contributed by atoms with Crippen LogP contribution < -0.4 is 0 Å². The van der Waals surface area contributed by atoms with E-state index in [1.165, 1.54) is 0 Å². The molecule has 3 fully saturated rings. The molecule has 0 unspecified atom stereocenters. The topological polar surface area (TPSA) is 57.2 Å². The molecule has 74 valence electrons. The zero-order chi connectivity index (χ0) is 8.89. The molecule has 0 aromatic carbocycles. The van der Waals surface area contributed by atoms with Crippen molar-refractivity contribution in [3.05, 3.63) is 0 Å². The fourth-order valence-electron chi connectivity index (χ4n) is 2.18. The minimum absolute atomic E-state index is 0.259. The van der Waals surface area contributed by atoms with Crippen molar-refractivity contribution in [2.75, 3.05) is 26.4 Å². The van der Waals surface area contributed by atoms with E-state index in [0.29, 0.717) is 26.4 Å². The number of hydrogen-bond donors (Lipinski definition) is 1. The van der Waals surface area contributed by atoms with Gasteiger partial charge in [0.05, 0.1) is 19.8 Å². The lowest BCUT2D eigenvalue weighted by Crippen LogP contribution is -2.44. The van der Waals surface area contributed by atoms with Crippen molar-refractivity contribution in [2.24, 2.45) is 0 Å². The van der Waals surface area contributed by atoms with E-state index >= 15 is 0 Å². The van der Waals surface area contributed by atoms with Gasteiger partial charge in [-0.2, -0.15) is 0 Å². The molecule has 0 aliphatic carbocycles. The Labute approximate surface area is 75.5 Å². The summed E-state index contributed by atoms with van der Waals surface area (Å²) in [5.41, 5.74) is 0. The highest BCUT2D eigenvalue weighted by molar-refractivity contribution is 5.01. The third-order valence-electron chi connectivity index (χ3n) is 2.81. The summed E-state index contributed by atoms with van der Waals surface area (Å²) in [7, 11) is 0. The van der Waals surface area contributed by atoms with Crippen LogP contribution in [0, 0.1) is 0 Å². The van der Waals surface area contributed by atoms with Crippen LogP contribution in [0.5, 0.6) is 0 Å². The average molecular weight is 188 g/mol. The van der Waals surface area contributed by atoms with E-state index in [1.807, 2.05) is 0 Å². The molecule has 0 radical (unpaired) electrons. The molecule has 0 aromatic rings. The fourth-order valence-corrected chi connectivity index (χ4v) is 2.18. The highest BCUT2D eigenvalue weighted by Crippen LogP contribution is 2.39. The first kappa shape index (κ1) is 8.14. The molecule has 0 aromatic heterocycles. The van der Waals surface area contributed by atoms with Gasteiger partial charge in [0.1, 0.15) is 24.9 Å². The van der Waals surface area contributed by atoms with Gasteiger partial charge in [0, 0.05) is 0 Å². The van der Waals surface area contributed by atoms with Crippen molar-refractivity contribution in [3.8, 4) is 0 Å². The lowest BCUT2D eigenvalue weighted by Gasteiger charge is -2.25. The molecule has 1 N–H and O–H groups in total. The van der Waals surface area contributed by atoms with Crippen molar-refractivity contribution >= 4 is 0 Å². The Balaban J connectivity index is 1.85. The zero-order valence-corrected chi connectivity index (χ0v) is 7.14. The summed E-state index contributed by atoms with van der Waals surface area (Å²) < 4.78 is 21.8. The van der Waals surface area contributed by atoms with Crippen LogP contribution in [-0.4, -0.2) is 55.6 Å². The average Bonchev–Trinajstić information content (AvgIpc) is 2.76. The first-order valence-electron chi connectivity index (χ1n) is 4.51. The number of aliphatic hydroxyl groups excluding tert-OH is 1. The maximum Gasteiger partial charge on any atom is 0.221 e. The van der Waals surface area contributed by atoms with Gasteiger partial charge in [-0.15, -0.1) is 0 Å². The Kier molecular flexibility index (Phi) is 1.66. The number of rotatable bonds is 0. The lowest BCUT2D eigenvalue weighted by atomic mass is 10.1. The summed E-state index contributed by atoms with van der Waals surface area (Å²) in [6.07, 6.45) is -1.08. The highest BCUT2D eigenvalue weighted by Gasteiger charge is 2.60. The van der Waals surface area contributed by atoms with Gasteiger partial charge < -0.3 is 24.1 Å². The van der Waals surface area contributed by atoms with E-state index in [0.717, 1.165) is 0 Å². The highest BCUT2D eigenvalue weighted by atomic mass is 16.8. The van der Waals surface area contributed by atoms with E-state index in [9.17, 15) is 5.11 Å². The summed E-state index contributed by atoms with van der Waals surface area (Å²) in [5.74, 6) is -0.734. The van der Waals surface area contributed by atoms with Crippen LogP contribution in [0.15, 0.2) is 0 Å². The second kappa shape index (κ2) is 2.65. The summed E-state index contributed by atoms with van der Waals surface area (Å²) >= 11 is 0. The molecular formula is C8H12O5. The summed E-state index contributed by atoms with van der Waals surface area (Å²) in [6, 6.07) is 0. The van der Waals surface area contributed by atoms with Crippen molar-refractivity contribution in [1.82, 2.24) is 0 Å². The van der Waals surface area contributed by atoms with Crippen LogP contribution in [-0.2, 0) is 18.9 Å². The third kappa shape index (κ3) is 0.992. The van der Waals surface area contributed by atoms with Crippen molar-refractivity contribution in [3.63, 3.8) is 0 Å². The quantitative estimate of drug-likeness (QED) is 0.522. The molecule has 0 amide bonds. The van der Waals surface area contributed by atoms with E-state index in [-0.39, 0.29) is 12.2 Å². The van der Waals surface area contributed by atoms with Crippen LogP contribution in [0.25, 0.3) is 0 Å². The predicted octanol–water partition coefficient (Wildman–Crippen LogP) is -1.11. The van der Waals surface area contributed by atoms with E-state index in [2.05, 4.69) is 0 Å². The molecule has 3 aliphatic heterocycles. The molecule has 3 aliphatic rings. The van der Waals surface area contributed by atoms with E-state index in [1.54, 1.807) is 0 Å². The van der Waals surface area contributed by atoms with Gasteiger partial charge in [-0.05, 0) is 0 Å². The third-order valence-corrected chi connectivity index (χ3v) is 2.81. The largest absolute Gasteiger partial charge is 0.388 e.